The van der Waals surface area contributed by atoms with Crippen molar-refractivity contribution in [3.05, 3.63) is 30.3 Å². The fourth-order valence-corrected chi connectivity index (χ4v) is 5.71. The Kier molecular flexibility index (Phi) is 3.55. The van der Waals surface area contributed by atoms with Gasteiger partial charge in [0, 0.05) is 0 Å². The zero-order chi connectivity index (χ0) is 15.3. The van der Waals surface area contributed by atoms with Crippen LogP contribution in [0.2, 0.25) is 4.31 Å². The van der Waals surface area contributed by atoms with E-state index in [-0.39, 0.29) is 51.6 Å². The fraction of sp³-hybridized carbons (Fsp3) is 0.562. The molecule has 4 unspecified atom stereocenters. The summed E-state index contributed by atoms with van der Waals surface area (Å²) in [6.07, 6.45) is -0.0887. The number of cyclic esters (lactones) is 1. The predicted octanol–water partition coefficient (Wildman–Crippen LogP) is 0.649. The Morgan fingerprint density at radius 2 is 1.95 bits per heavy atom. The summed E-state index contributed by atoms with van der Waals surface area (Å²) in [7, 11) is 1.61. The van der Waals surface area contributed by atoms with Crippen molar-refractivity contribution in [3.8, 4) is 0 Å². The van der Waals surface area contributed by atoms with Crippen LogP contribution in [0.25, 0.3) is 0 Å². The molecule has 0 N–H and O–H groups in total. The van der Waals surface area contributed by atoms with E-state index in [1.54, 1.807) is 7.11 Å². The quantitative estimate of drug-likeness (QED) is 0.443. The number of esters is 1. The van der Waals surface area contributed by atoms with Crippen molar-refractivity contribution in [1.82, 2.24) is 0 Å². The van der Waals surface area contributed by atoms with Gasteiger partial charge < -0.3 is 0 Å². The summed E-state index contributed by atoms with van der Waals surface area (Å²) in [6, 6.07) is 10.1. The van der Waals surface area contributed by atoms with Gasteiger partial charge in [-0.3, -0.25) is 0 Å². The number of carbonyl (C=O) groups is 1. The van der Waals surface area contributed by atoms with Crippen molar-refractivity contribution in [2.45, 2.75) is 48.4 Å². The third-order valence-electron chi connectivity index (χ3n) is 4.41. The van der Waals surface area contributed by atoms with Gasteiger partial charge in [0.1, 0.15) is 0 Å². The van der Waals surface area contributed by atoms with Crippen LogP contribution in [0, 0.1) is 0 Å². The van der Waals surface area contributed by atoms with Crippen LogP contribution in [0.3, 0.4) is 0 Å². The van der Waals surface area contributed by atoms with Crippen LogP contribution in [-0.2, 0) is 23.7 Å². The van der Waals surface area contributed by atoms with E-state index < -0.39 is 4.31 Å². The Morgan fingerprint density at radius 1 is 1.18 bits per heavy atom. The molecule has 3 heterocycles. The number of hydrogen-bond acceptors (Lipinski definition) is 5. The second-order valence-electron chi connectivity index (χ2n) is 6.06. The van der Waals surface area contributed by atoms with Gasteiger partial charge in [-0.25, -0.2) is 0 Å². The van der Waals surface area contributed by atoms with Crippen LogP contribution >= 0.6 is 0 Å². The molecule has 0 radical (unpaired) electrons. The topological polar surface area (TPSA) is 57.3 Å². The summed E-state index contributed by atoms with van der Waals surface area (Å²) in [5.74, 6) is -0.122. The zero-order valence-electron chi connectivity index (χ0n) is 12.4. The molecule has 6 heteroatoms. The number of benzene rings is 1. The molecule has 0 bridgehead atoms. The molecule has 1 aromatic rings. The molecular weight excluding hydrogens is 351 g/mol. The molecule has 22 heavy (non-hydrogen) atoms. The minimum absolute atomic E-state index is 0.000178. The molecule has 3 fully saturated rings. The molecule has 6 atom stereocenters. The van der Waals surface area contributed by atoms with E-state index in [0.29, 0.717) is 6.42 Å². The van der Waals surface area contributed by atoms with Crippen molar-refractivity contribution < 1.29 is 23.7 Å². The standard InChI is InChI=1S/C16H18O5Se/c1-16(22-9-6-4-3-5-7-9)8-10(19-15(16)17)11-12-13(20-12)14(18-2)21-11/h3-7,10-14H,8H2,1-2H3/t10?,11-,12?,13?,14-,16?/m1/s1. The first-order chi connectivity index (χ1) is 10.6. The molecule has 4 rings (SSSR count). The van der Waals surface area contributed by atoms with Gasteiger partial charge in [-0.15, -0.1) is 0 Å². The van der Waals surface area contributed by atoms with Crippen LogP contribution in [0.15, 0.2) is 30.3 Å². The maximum atomic E-state index is 12.4. The number of methoxy groups -OCH3 is 1. The monoisotopic (exact) mass is 370 g/mol. The maximum absolute atomic E-state index is 12.4. The molecule has 0 saturated carbocycles. The summed E-state index contributed by atoms with van der Waals surface area (Å²) >= 11 is 0.0309. The normalized spacial score (nSPS) is 43.0. The molecule has 3 aliphatic heterocycles. The molecule has 3 aliphatic rings. The van der Waals surface area contributed by atoms with Gasteiger partial charge in [0.2, 0.25) is 0 Å². The number of rotatable bonds is 4. The summed E-state index contributed by atoms with van der Waals surface area (Å²) in [4.78, 5) is 12.4. The van der Waals surface area contributed by atoms with Crippen molar-refractivity contribution >= 4 is 25.4 Å². The van der Waals surface area contributed by atoms with Crippen LogP contribution in [-0.4, -0.2) is 58.7 Å². The predicted molar refractivity (Wildman–Crippen MR) is 79.0 cm³/mol. The number of hydrogen-bond donors (Lipinski definition) is 0. The van der Waals surface area contributed by atoms with Crippen molar-refractivity contribution in [1.29, 1.82) is 0 Å². The third kappa shape index (κ3) is 2.39. The SMILES string of the molecule is CO[C@@H]1O[C@H](C2CC(C)([Se]c3ccccc3)C(=O)O2)C2OC21. The first-order valence-corrected chi connectivity index (χ1v) is 9.11. The molecule has 5 nitrogen and oxygen atoms in total. The van der Waals surface area contributed by atoms with Crippen molar-refractivity contribution in [3.63, 3.8) is 0 Å². The van der Waals surface area contributed by atoms with Crippen LogP contribution in [0.4, 0.5) is 0 Å². The molecule has 118 valence electrons. The van der Waals surface area contributed by atoms with E-state index in [1.165, 1.54) is 4.46 Å². The second-order valence-corrected chi connectivity index (χ2v) is 9.37. The first-order valence-electron chi connectivity index (χ1n) is 7.39. The third-order valence-corrected chi connectivity index (χ3v) is 7.12. The minimum atomic E-state index is -0.447. The average molecular weight is 369 g/mol. The van der Waals surface area contributed by atoms with Crippen molar-refractivity contribution in [2.75, 3.05) is 7.11 Å². The van der Waals surface area contributed by atoms with E-state index in [9.17, 15) is 4.79 Å². The molecule has 0 spiro atoms. The summed E-state index contributed by atoms with van der Waals surface area (Å²) < 4.78 is 23.0. The molecular formula is C16H18O5Se. The number of fused-ring (bicyclic) bond motifs is 1. The Hall–Kier alpha value is -0.911. The molecule has 1 aromatic carbocycles. The Bertz CT molecular complexity index is 579. The second kappa shape index (κ2) is 5.32. The van der Waals surface area contributed by atoms with Crippen LogP contribution in [0.1, 0.15) is 13.3 Å². The Morgan fingerprint density at radius 3 is 2.64 bits per heavy atom. The Labute approximate surface area is 135 Å². The summed E-state index contributed by atoms with van der Waals surface area (Å²) in [6.45, 7) is 2.00. The number of carbonyl (C=O) groups excluding carboxylic acids is 1. The summed E-state index contributed by atoms with van der Waals surface area (Å²) in [5, 5.41) is 0. The molecule has 0 amide bonds. The molecule has 3 saturated heterocycles. The zero-order valence-corrected chi connectivity index (χ0v) is 14.1. The Balaban J connectivity index is 1.47. The number of epoxide rings is 1. The van der Waals surface area contributed by atoms with E-state index in [2.05, 4.69) is 12.1 Å². The van der Waals surface area contributed by atoms with Crippen LogP contribution in [0.5, 0.6) is 0 Å². The van der Waals surface area contributed by atoms with E-state index in [1.807, 2.05) is 25.1 Å². The van der Waals surface area contributed by atoms with Gasteiger partial charge in [0.15, 0.2) is 0 Å². The number of ether oxygens (including phenoxy) is 4. The average Bonchev–Trinajstić information content (AvgIpc) is 3.13. The fourth-order valence-electron chi connectivity index (χ4n) is 3.20. The van der Waals surface area contributed by atoms with Crippen molar-refractivity contribution in [2.24, 2.45) is 0 Å². The molecule has 0 aliphatic carbocycles. The van der Waals surface area contributed by atoms with E-state index >= 15 is 0 Å². The van der Waals surface area contributed by atoms with Crippen LogP contribution < -0.4 is 4.46 Å². The van der Waals surface area contributed by atoms with E-state index in [4.69, 9.17) is 18.9 Å². The van der Waals surface area contributed by atoms with E-state index in [0.717, 1.165) is 0 Å². The first kappa shape index (κ1) is 14.7. The summed E-state index contributed by atoms with van der Waals surface area (Å²) in [5.41, 5.74) is 0. The van der Waals surface area contributed by atoms with Gasteiger partial charge in [-0.05, 0) is 0 Å². The van der Waals surface area contributed by atoms with Gasteiger partial charge in [0.05, 0.1) is 0 Å². The van der Waals surface area contributed by atoms with Gasteiger partial charge >= 0.3 is 135 Å². The van der Waals surface area contributed by atoms with Gasteiger partial charge in [-0.1, -0.05) is 0 Å². The van der Waals surface area contributed by atoms with Gasteiger partial charge in [0.25, 0.3) is 0 Å². The van der Waals surface area contributed by atoms with Gasteiger partial charge in [-0.2, -0.15) is 0 Å². The molecule has 0 aromatic heterocycles.